The van der Waals surface area contributed by atoms with Crippen LogP contribution in [0.1, 0.15) is 19.4 Å². The smallest absolute Gasteiger partial charge is 0.142 e. The zero-order chi connectivity index (χ0) is 18.7. The molecule has 26 heavy (non-hydrogen) atoms. The maximum atomic E-state index is 13.3. The van der Waals surface area contributed by atoms with E-state index in [1.54, 1.807) is 19.2 Å². The Morgan fingerprint density at radius 3 is 2.54 bits per heavy atom. The molecule has 0 spiro atoms. The van der Waals surface area contributed by atoms with Gasteiger partial charge in [0, 0.05) is 35.8 Å². The summed E-state index contributed by atoms with van der Waals surface area (Å²) >= 11 is 1.47. The number of ether oxygens (including phenoxy) is 1. The van der Waals surface area contributed by atoms with Gasteiger partial charge in [0.2, 0.25) is 0 Å². The van der Waals surface area contributed by atoms with E-state index in [1.165, 1.54) is 23.7 Å². The first kappa shape index (κ1) is 18.9. The maximum absolute atomic E-state index is 13.3. The molecule has 4 nitrogen and oxygen atoms in total. The van der Waals surface area contributed by atoms with Crippen molar-refractivity contribution in [2.75, 3.05) is 29.8 Å². The predicted molar refractivity (Wildman–Crippen MR) is 108 cm³/mol. The van der Waals surface area contributed by atoms with Crippen molar-refractivity contribution in [1.29, 1.82) is 0 Å². The normalized spacial score (nSPS) is 20.1. The zero-order valence-electron chi connectivity index (χ0n) is 15.7. The largest absolute Gasteiger partial charge is 0.495 e. The molecule has 0 amide bonds. The maximum Gasteiger partial charge on any atom is 0.142 e. The van der Waals surface area contributed by atoms with Crippen molar-refractivity contribution in [1.82, 2.24) is 5.32 Å². The number of piperazine rings is 1. The predicted octanol–water partition coefficient (Wildman–Crippen LogP) is 4.45. The number of nitrogens with one attached hydrogen (secondary N) is 2. The molecule has 1 saturated heterocycles. The quantitative estimate of drug-likeness (QED) is 0.755. The average molecular weight is 376 g/mol. The molecule has 2 aromatic rings. The minimum atomic E-state index is -0.214. The fourth-order valence-corrected chi connectivity index (χ4v) is 4.08. The molecule has 2 aromatic carbocycles. The number of benzene rings is 2. The third-order valence-electron chi connectivity index (χ3n) is 4.51. The number of anilines is 2. The lowest BCUT2D eigenvalue weighted by Gasteiger charge is -2.38. The first-order chi connectivity index (χ1) is 12.5. The summed E-state index contributed by atoms with van der Waals surface area (Å²) in [6.45, 7) is 8.27. The van der Waals surface area contributed by atoms with Crippen molar-refractivity contribution in [3.63, 3.8) is 0 Å². The van der Waals surface area contributed by atoms with E-state index in [2.05, 4.69) is 40.9 Å². The molecule has 3 rings (SSSR count). The molecule has 1 aliphatic rings. The molecule has 0 radical (unpaired) electrons. The summed E-state index contributed by atoms with van der Waals surface area (Å²) in [6.07, 6.45) is 0. The van der Waals surface area contributed by atoms with Crippen LogP contribution in [0.3, 0.4) is 0 Å². The van der Waals surface area contributed by atoms with Crippen LogP contribution in [0.5, 0.6) is 5.75 Å². The molecule has 6 heteroatoms. The lowest BCUT2D eigenvalue weighted by Crippen LogP contribution is -2.54. The van der Waals surface area contributed by atoms with Gasteiger partial charge in [0.15, 0.2) is 0 Å². The summed E-state index contributed by atoms with van der Waals surface area (Å²) in [5, 5.41) is 3.56. The van der Waals surface area contributed by atoms with Crippen molar-refractivity contribution in [2.24, 2.45) is 0 Å². The summed E-state index contributed by atoms with van der Waals surface area (Å²) < 4.78 is 22.2. The van der Waals surface area contributed by atoms with Crippen molar-refractivity contribution >= 4 is 23.3 Å². The van der Waals surface area contributed by atoms with Crippen LogP contribution in [0.4, 0.5) is 15.8 Å². The molecule has 1 fully saturated rings. The topological polar surface area (TPSA) is 36.5 Å². The van der Waals surface area contributed by atoms with Gasteiger partial charge in [-0.3, -0.25) is 0 Å². The lowest BCUT2D eigenvalue weighted by atomic mass is 10.1. The van der Waals surface area contributed by atoms with E-state index >= 15 is 0 Å². The standard InChI is InChI=1S/C20H26FN3OS/c1-13-9-16(21)5-8-20(13)26-23-18-10-17(6-7-19(18)25-4)24-11-14(2)22-15(3)12-24/h5-10,14-15,22-23H,11-12H2,1-4H3. The van der Waals surface area contributed by atoms with Crippen LogP contribution < -0.4 is 19.7 Å². The Kier molecular flexibility index (Phi) is 5.94. The van der Waals surface area contributed by atoms with E-state index in [-0.39, 0.29) is 5.82 Å². The number of hydrogen-bond acceptors (Lipinski definition) is 5. The Bertz CT molecular complexity index is 761. The Hall–Kier alpha value is -1.92. The monoisotopic (exact) mass is 375 g/mol. The van der Waals surface area contributed by atoms with Crippen molar-refractivity contribution < 1.29 is 9.13 Å². The van der Waals surface area contributed by atoms with Crippen molar-refractivity contribution in [3.8, 4) is 5.75 Å². The summed E-state index contributed by atoms with van der Waals surface area (Å²) in [7, 11) is 1.67. The van der Waals surface area contributed by atoms with Gasteiger partial charge in [-0.2, -0.15) is 0 Å². The van der Waals surface area contributed by atoms with Gasteiger partial charge in [-0.25, -0.2) is 4.39 Å². The fraction of sp³-hybridized carbons (Fsp3) is 0.400. The first-order valence-electron chi connectivity index (χ1n) is 8.84. The Morgan fingerprint density at radius 1 is 1.15 bits per heavy atom. The summed E-state index contributed by atoms with van der Waals surface area (Å²) in [6, 6.07) is 11.9. The number of halogens is 1. The van der Waals surface area contributed by atoms with E-state index in [9.17, 15) is 4.39 Å². The molecule has 0 aromatic heterocycles. The van der Waals surface area contributed by atoms with Crippen LogP contribution in [0.2, 0.25) is 0 Å². The molecule has 1 heterocycles. The van der Waals surface area contributed by atoms with Crippen LogP contribution in [0, 0.1) is 12.7 Å². The molecule has 2 atom stereocenters. The molecule has 2 unspecified atom stereocenters. The fourth-order valence-electron chi connectivity index (χ4n) is 3.35. The highest BCUT2D eigenvalue weighted by molar-refractivity contribution is 8.00. The highest BCUT2D eigenvalue weighted by Crippen LogP contribution is 2.34. The van der Waals surface area contributed by atoms with Crippen molar-refractivity contribution in [3.05, 3.63) is 47.8 Å². The van der Waals surface area contributed by atoms with Gasteiger partial charge in [0.05, 0.1) is 12.8 Å². The second-order valence-electron chi connectivity index (χ2n) is 6.87. The first-order valence-corrected chi connectivity index (χ1v) is 9.66. The number of nitrogens with zero attached hydrogens (tertiary/aromatic N) is 1. The highest BCUT2D eigenvalue weighted by Gasteiger charge is 2.21. The molecule has 0 aliphatic carbocycles. The molecule has 0 bridgehead atoms. The molecular weight excluding hydrogens is 349 g/mol. The molecule has 140 valence electrons. The lowest BCUT2D eigenvalue weighted by molar-refractivity contribution is 0.406. The van der Waals surface area contributed by atoms with E-state index in [1.807, 2.05) is 13.0 Å². The molecule has 0 saturated carbocycles. The van der Waals surface area contributed by atoms with Gasteiger partial charge < -0.3 is 19.7 Å². The average Bonchev–Trinajstić information content (AvgIpc) is 2.60. The summed E-state index contributed by atoms with van der Waals surface area (Å²) in [5.41, 5.74) is 2.99. The van der Waals surface area contributed by atoms with Crippen LogP contribution in [0.15, 0.2) is 41.3 Å². The second kappa shape index (κ2) is 8.18. The summed E-state index contributed by atoms with van der Waals surface area (Å²) in [4.78, 5) is 3.38. The number of hydrogen-bond donors (Lipinski definition) is 2. The minimum Gasteiger partial charge on any atom is -0.495 e. The van der Waals surface area contributed by atoms with Crippen molar-refractivity contribution in [2.45, 2.75) is 37.8 Å². The number of methoxy groups -OCH3 is 1. The highest BCUT2D eigenvalue weighted by atomic mass is 32.2. The molecular formula is C20H26FN3OS. The van der Waals surface area contributed by atoms with E-state index in [0.717, 1.165) is 35.0 Å². The third-order valence-corrected chi connectivity index (χ3v) is 5.51. The van der Waals surface area contributed by atoms with Gasteiger partial charge in [0.1, 0.15) is 11.6 Å². The second-order valence-corrected chi connectivity index (χ2v) is 7.72. The minimum absolute atomic E-state index is 0.214. The van der Waals surface area contributed by atoms with Gasteiger partial charge >= 0.3 is 0 Å². The van der Waals surface area contributed by atoms with Crippen LogP contribution in [-0.2, 0) is 0 Å². The van der Waals surface area contributed by atoms with Crippen LogP contribution in [-0.4, -0.2) is 32.3 Å². The Balaban J connectivity index is 1.79. The summed E-state index contributed by atoms with van der Waals surface area (Å²) in [5.74, 6) is 0.575. The van der Waals surface area contributed by atoms with Crippen LogP contribution >= 0.6 is 11.9 Å². The molecule has 1 aliphatic heterocycles. The van der Waals surface area contributed by atoms with Crippen LogP contribution in [0.25, 0.3) is 0 Å². The van der Waals surface area contributed by atoms with E-state index in [0.29, 0.717) is 12.1 Å². The number of rotatable bonds is 5. The number of aryl methyl sites for hydroxylation is 1. The Morgan fingerprint density at radius 2 is 1.88 bits per heavy atom. The van der Waals surface area contributed by atoms with Gasteiger partial charge in [-0.1, -0.05) is 0 Å². The van der Waals surface area contributed by atoms with E-state index < -0.39 is 0 Å². The Labute approximate surface area is 159 Å². The van der Waals surface area contributed by atoms with Gasteiger partial charge in [-0.15, -0.1) is 0 Å². The van der Waals surface area contributed by atoms with E-state index in [4.69, 9.17) is 4.74 Å². The van der Waals surface area contributed by atoms with Gasteiger partial charge in [0.25, 0.3) is 0 Å². The third kappa shape index (κ3) is 4.43. The molecule has 2 N–H and O–H groups in total. The SMILES string of the molecule is COc1ccc(N2CC(C)NC(C)C2)cc1NSc1ccc(F)cc1C. The van der Waals surface area contributed by atoms with Gasteiger partial charge in [-0.05, 0) is 74.7 Å². The zero-order valence-corrected chi connectivity index (χ0v) is 16.5.